The first-order valence-corrected chi connectivity index (χ1v) is 11.6. The molecule has 6 heteroatoms. The summed E-state index contributed by atoms with van der Waals surface area (Å²) in [5.41, 5.74) is 4.54. The molecule has 1 heterocycles. The van der Waals surface area contributed by atoms with E-state index in [1.807, 2.05) is 61.2 Å². The van der Waals surface area contributed by atoms with Crippen LogP contribution in [0.25, 0.3) is 0 Å². The Morgan fingerprint density at radius 2 is 1.81 bits per heavy atom. The Hall–Kier alpha value is -2.86. The van der Waals surface area contributed by atoms with Crippen LogP contribution in [0.3, 0.4) is 0 Å². The van der Waals surface area contributed by atoms with Crippen molar-refractivity contribution in [3.63, 3.8) is 0 Å². The van der Waals surface area contributed by atoms with Crippen molar-refractivity contribution in [1.82, 2.24) is 14.7 Å². The van der Waals surface area contributed by atoms with E-state index in [-0.39, 0.29) is 18.4 Å². The van der Waals surface area contributed by atoms with E-state index in [0.29, 0.717) is 26.1 Å². The first-order chi connectivity index (χ1) is 15.5. The van der Waals surface area contributed by atoms with Crippen LogP contribution in [0.15, 0.2) is 48.5 Å². The zero-order valence-corrected chi connectivity index (χ0v) is 19.6. The number of benzene rings is 2. The summed E-state index contributed by atoms with van der Waals surface area (Å²) in [5, 5.41) is 3.39. The summed E-state index contributed by atoms with van der Waals surface area (Å²) in [6.07, 6.45) is 2.29. The van der Waals surface area contributed by atoms with Crippen LogP contribution < -0.4 is 5.32 Å². The van der Waals surface area contributed by atoms with Gasteiger partial charge in [-0.1, -0.05) is 49.4 Å². The minimum absolute atomic E-state index is 0.0869. The maximum atomic E-state index is 13.1. The molecule has 172 valence electrons. The highest BCUT2D eigenvalue weighted by Crippen LogP contribution is 2.26. The quantitative estimate of drug-likeness (QED) is 0.620. The second kappa shape index (κ2) is 11.7. The molecule has 2 aromatic rings. The molecule has 0 radical (unpaired) electrons. The van der Waals surface area contributed by atoms with Gasteiger partial charge in [0.25, 0.3) is 0 Å². The number of anilines is 1. The molecular weight excluding hydrogens is 400 g/mol. The highest BCUT2D eigenvalue weighted by Gasteiger charge is 2.22. The first-order valence-electron chi connectivity index (χ1n) is 11.6. The predicted octanol–water partition coefficient (Wildman–Crippen LogP) is 3.37. The molecule has 3 rings (SSSR count). The predicted molar refractivity (Wildman–Crippen MR) is 129 cm³/mol. The summed E-state index contributed by atoms with van der Waals surface area (Å²) in [5.74, 6) is 0.313. The number of hydrogen-bond donors (Lipinski definition) is 1. The van der Waals surface area contributed by atoms with E-state index in [1.54, 1.807) is 0 Å². The minimum atomic E-state index is 0.0869. The number of likely N-dealkylation sites (N-methyl/N-ethyl adjacent to an activating group) is 1. The van der Waals surface area contributed by atoms with Crippen LogP contribution >= 0.6 is 0 Å². The number of nitrogens with zero attached hydrogens (tertiary/aromatic N) is 3. The number of hydrogen-bond acceptors (Lipinski definition) is 4. The normalized spacial score (nSPS) is 13.1. The van der Waals surface area contributed by atoms with E-state index in [1.165, 1.54) is 11.1 Å². The molecule has 0 atom stereocenters. The van der Waals surface area contributed by atoms with Gasteiger partial charge in [-0.25, -0.2) is 0 Å². The molecule has 1 aliphatic rings. The first kappa shape index (κ1) is 23.8. The number of nitrogens with one attached hydrogen (secondary N) is 1. The van der Waals surface area contributed by atoms with E-state index in [0.717, 1.165) is 37.2 Å². The summed E-state index contributed by atoms with van der Waals surface area (Å²) >= 11 is 0. The maximum absolute atomic E-state index is 13.1. The number of carbonyl (C=O) groups is 2. The van der Waals surface area contributed by atoms with Crippen LogP contribution in [0.2, 0.25) is 0 Å². The van der Waals surface area contributed by atoms with Gasteiger partial charge in [0.05, 0.1) is 6.54 Å². The van der Waals surface area contributed by atoms with Gasteiger partial charge >= 0.3 is 0 Å². The van der Waals surface area contributed by atoms with Gasteiger partial charge in [-0.3, -0.25) is 9.59 Å². The van der Waals surface area contributed by atoms with E-state index in [9.17, 15) is 9.59 Å². The lowest BCUT2D eigenvalue weighted by Crippen LogP contribution is -2.39. The molecule has 0 spiro atoms. The lowest BCUT2D eigenvalue weighted by atomic mass is 9.97. The van der Waals surface area contributed by atoms with Gasteiger partial charge in [-0.15, -0.1) is 0 Å². The van der Waals surface area contributed by atoms with Gasteiger partial charge < -0.3 is 20.0 Å². The van der Waals surface area contributed by atoms with Crippen molar-refractivity contribution in [1.29, 1.82) is 0 Å². The molecule has 1 aliphatic heterocycles. The highest BCUT2D eigenvalue weighted by atomic mass is 16.2. The Morgan fingerprint density at radius 3 is 2.53 bits per heavy atom. The third-order valence-corrected chi connectivity index (χ3v) is 5.90. The van der Waals surface area contributed by atoms with E-state index < -0.39 is 0 Å². The lowest BCUT2D eigenvalue weighted by Gasteiger charge is -2.30. The molecule has 0 aliphatic carbocycles. The van der Waals surface area contributed by atoms with Gasteiger partial charge in [0.1, 0.15) is 0 Å². The van der Waals surface area contributed by atoms with Crippen molar-refractivity contribution in [2.75, 3.05) is 45.6 Å². The molecular formula is C26H36N4O2. The van der Waals surface area contributed by atoms with Crippen molar-refractivity contribution in [3.8, 4) is 0 Å². The van der Waals surface area contributed by atoms with E-state index in [4.69, 9.17) is 0 Å². The smallest absolute Gasteiger partial charge is 0.242 e. The van der Waals surface area contributed by atoms with Gasteiger partial charge in [0.15, 0.2) is 0 Å². The van der Waals surface area contributed by atoms with Gasteiger partial charge in [0, 0.05) is 44.8 Å². The Morgan fingerprint density at radius 1 is 1.03 bits per heavy atom. The third kappa shape index (κ3) is 6.57. The van der Waals surface area contributed by atoms with Crippen LogP contribution in [0.4, 0.5) is 5.69 Å². The molecule has 2 amide bonds. The lowest BCUT2D eigenvalue weighted by molar-refractivity contribution is -0.132. The van der Waals surface area contributed by atoms with Gasteiger partial charge in [-0.2, -0.15) is 0 Å². The fourth-order valence-electron chi connectivity index (χ4n) is 4.06. The molecule has 0 unspecified atom stereocenters. The monoisotopic (exact) mass is 436 g/mol. The van der Waals surface area contributed by atoms with Crippen molar-refractivity contribution in [3.05, 3.63) is 65.2 Å². The molecule has 0 saturated heterocycles. The third-order valence-electron chi connectivity index (χ3n) is 5.90. The fourth-order valence-corrected chi connectivity index (χ4v) is 4.06. The minimum Gasteiger partial charge on any atom is -0.376 e. The maximum Gasteiger partial charge on any atom is 0.242 e. The molecule has 0 saturated carbocycles. The number of fused-ring (bicyclic) bond motifs is 1. The molecule has 1 N–H and O–H groups in total. The van der Waals surface area contributed by atoms with E-state index >= 15 is 0 Å². The van der Waals surface area contributed by atoms with Gasteiger partial charge in [-0.05, 0) is 49.7 Å². The molecule has 0 aromatic heterocycles. The van der Waals surface area contributed by atoms with Gasteiger partial charge in [0.2, 0.25) is 11.8 Å². The van der Waals surface area contributed by atoms with Crippen LogP contribution in [0.1, 0.15) is 36.5 Å². The van der Waals surface area contributed by atoms with Crippen molar-refractivity contribution < 1.29 is 9.59 Å². The van der Waals surface area contributed by atoms with Crippen LogP contribution in [-0.4, -0.2) is 66.8 Å². The molecule has 32 heavy (non-hydrogen) atoms. The SMILES string of the molecule is CCCC(=O)N1CCc2c(cccc2NCC(=O)N(CCN(C)C)Cc2ccccc2)C1. The van der Waals surface area contributed by atoms with Crippen molar-refractivity contribution in [2.45, 2.75) is 39.3 Å². The average Bonchev–Trinajstić information content (AvgIpc) is 2.80. The second-order valence-corrected chi connectivity index (χ2v) is 8.72. The summed E-state index contributed by atoms with van der Waals surface area (Å²) in [6.45, 7) is 5.80. The molecule has 6 nitrogen and oxygen atoms in total. The summed E-state index contributed by atoms with van der Waals surface area (Å²) < 4.78 is 0. The Kier molecular flexibility index (Phi) is 8.68. The van der Waals surface area contributed by atoms with Crippen LogP contribution in [0, 0.1) is 0 Å². The van der Waals surface area contributed by atoms with E-state index in [2.05, 4.69) is 28.4 Å². The largest absolute Gasteiger partial charge is 0.376 e. The Labute approximate surface area is 192 Å². The molecule has 0 fully saturated rings. The topological polar surface area (TPSA) is 55.9 Å². The van der Waals surface area contributed by atoms with Crippen molar-refractivity contribution in [2.24, 2.45) is 0 Å². The standard InChI is InChI=1S/C26H36N4O2/c1-4-9-25(31)29-15-14-23-22(20-29)12-8-13-24(23)27-18-26(32)30(17-16-28(2)3)19-21-10-6-5-7-11-21/h5-8,10-13,27H,4,9,14-20H2,1-3H3. The Bertz CT molecular complexity index is 898. The Balaban J connectivity index is 1.65. The fraction of sp³-hybridized carbons (Fsp3) is 0.462. The molecule has 0 bridgehead atoms. The number of rotatable bonds is 10. The zero-order valence-electron chi connectivity index (χ0n) is 19.6. The molecule has 2 aromatic carbocycles. The average molecular weight is 437 g/mol. The van der Waals surface area contributed by atoms with Crippen LogP contribution in [0.5, 0.6) is 0 Å². The zero-order chi connectivity index (χ0) is 22.9. The summed E-state index contributed by atoms with van der Waals surface area (Å²) in [7, 11) is 4.04. The number of amides is 2. The number of carbonyl (C=O) groups excluding carboxylic acids is 2. The highest BCUT2D eigenvalue weighted by molar-refractivity contribution is 5.81. The van der Waals surface area contributed by atoms with Crippen molar-refractivity contribution >= 4 is 17.5 Å². The summed E-state index contributed by atoms with van der Waals surface area (Å²) in [4.78, 5) is 31.4. The summed E-state index contributed by atoms with van der Waals surface area (Å²) in [6, 6.07) is 16.3. The second-order valence-electron chi connectivity index (χ2n) is 8.72. The van der Waals surface area contributed by atoms with Crippen LogP contribution in [-0.2, 0) is 29.1 Å².